The summed E-state index contributed by atoms with van der Waals surface area (Å²) in [5, 5.41) is 7.84. The quantitative estimate of drug-likeness (QED) is 0.831. The summed E-state index contributed by atoms with van der Waals surface area (Å²) in [4.78, 5) is 12.5. The van der Waals surface area contributed by atoms with Crippen LogP contribution in [-0.4, -0.2) is 27.6 Å². The van der Waals surface area contributed by atoms with Crippen LogP contribution >= 0.6 is 0 Å². The number of nitrogens with zero attached hydrogens (tertiary/aromatic N) is 2. The number of hydrogen-bond donors (Lipinski definition) is 1. The standard InChI is InChI=1S/C14H21N3O/c1-2-17-9-11(8-15-17)14(18)10-6-12-4-3-5-13(7-10)16-12/h8-10,12-13,16H,2-7H2,1H3. The lowest BCUT2D eigenvalue weighted by Crippen LogP contribution is -2.50. The normalized spacial score (nSPS) is 31.3. The molecule has 2 aliphatic rings. The second kappa shape index (κ2) is 4.84. The van der Waals surface area contributed by atoms with E-state index in [-0.39, 0.29) is 5.92 Å². The van der Waals surface area contributed by atoms with E-state index >= 15 is 0 Å². The SMILES string of the molecule is CCn1cc(C(=O)C2CC3CCCC(C2)N3)cn1. The molecule has 3 rings (SSSR count). The minimum atomic E-state index is 0.205. The van der Waals surface area contributed by atoms with Gasteiger partial charge in [0, 0.05) is 30.7 Å². The third-order valence-electron chi connectivity index (χ3n) is 4.33. The van der Waals surface area contributed by atoms with E-state index in [1.54, 1.807) is 6.20 Å². The summed E-state index contributed by atoms with van der Waals surface area (Å²) in [7, 11) is 0. The number of piperidine rings is 2. The number of fused-ring (bicyclic) bond motifs is 2. The molecule has 4 nitrogen and oxygen atoms in total. The van der Waals surface area contributed by atoms with Gasteiger partial charge in [0.2, 0.25) is 0 Å². The second-order valence-electron chi connectivity index (χ2n) is 5.61. The van der Waals surface area contributed by atoms with Gasteiger partial charge in [-0.2, -0.15) is 5.10 Å². The molecule has 1 aromatic heterocycles. The number of rotatable bonds is 3. The van der Waals surface area contributed by atoms with Crippen LogP contribution in [0.1, 0.15) is 49.4 Å². The summed E-state index contributed by atoms with van der Waals surface area (Å²) >= 11 is 0. The Balaban J connectivity index is 1.72. The van der Waals surface area contributed by atoms with Crippen molar-refractivity contribution >= 4 is 5.78 Å². The van der Waals surface area contributed by atoms with Crippen molar-refractivity contribution in [1.82, 2.24) is 15.1 Å². The molecule has 18 heavy (non-hydrogen) atoms. The maximum absolute atomic E-state index is 12.5. The van der Waals surface area contributed by atoms with E-state index in [1.165, 1.54) is 19.3 Å². The topological polar surface area (TPSA) is 46.9 Å². The molecule has 0 aliphatic carbocycles. The molecule has 2 aliphatic heterocycles. The number of ketones is 1. The van der Waals surface area contributed by atoms with Crippen molar-refractivity contribution in [2.45, 2.75) is 57.7 Å². The molecule has 0 saturated carbocycles. The van der Waals surface area contributed by atoms with Crippen LogP contribution < -0.4 is 5.32 Å². The highest BCUT2D eigenvalue weighted by Gasteiger charge is 2.35. The van der Waals surface area contributed by atoms with E-state index in [1.807, 2.05) is 17.8 Å². The first-order valence-corrected chi connectivity index (χ1v) is 7.09. The number of aromatic nitrogens is 2. The molecule has 1 aromatic rings. The van der Waals surface area contributed by atoms with Gasteiger partial charge in [0.1, 0.15) is 0 Å². The second-order valence-corrected chi connectivity index (χ2v) is 5.61. The van der Waals surface area contributed by atoms with Gasteiger partial charge >= 0.3 is 0 Å². The van der Waals surface area contributed by atoms with Crippen LogP contribution in [0.25, 0.3) is 0 Å². The average molecular weight is 247 g/mol. The van der Waals surface area contributed by atoms with Crippen molar-refractivity contribution in [3.63, 3.8) is 0 Å². The van der Waals surface area contributed by atoms with E-state index in [2.05, 4.69) is 10.4 Å². The first kappa shape index (κ1) is 11.9. The molecule has 2 fully saturated rings. The first-order valence-electron chi connectivity index (χ1n) is 7.09. The maximum atomic E-state index is 12.5. The molecule has 0 spiro atoms. The van der Waals surface area contributed by atoms with Gasteiger partial charge in [0.15, 0.2) is 5.78 Å². The van der Waals surface area contributed by atoms with Gasteiger partial charge < -0.3 is 5.32 Å². The zero-order valence-corrected chi connectivity index (χ0v) is 10.9. The van der Waals surface area contributed by atoms with Crippen LogP contribution in [-0.2, 0) is 6.54 Å². The van der Waals surface area contributed by atoms with E-state index < -0.39 is 0 Å². The van der Waals surface area contributed by atoms with Gasteiger partial charge in [-0.15, -0.1) is 0 Å². The Morgan fingerprint density at radius 2 is 2.17 bits per heavy atom. The molecule has 3 heterocycles. The number of carbonyl (C=O) groups excluding carboxylic acids is 1. The van der Waals surface area contributed by atoms with Crippen LogP contribution in [0.15, 0.2) is 12.4 Å². The molecule has 2 atom stereocenters. The molecule has 2 bridgehead atoms. The third-order valence-corrected chi connectivity index (χ3v) is 4.33. The molecule has 0 amide bonds. The largest absolute Gasteiger partial charge is 0.311 e. The van der Waals surface area contributed by atoms with Gasteiger partial charge in [-0.25, -0.2) is 0 Å². The Labute approximate surface area is 108 Å². The van der Waals surface area contributed by atoms with Crippen molar-refractivity contribution in [2.24, 2.45) is 5.92 Å². The number of nitrogens with one attached hydrogen (secondary N) is 1. The highest BCUT2D eigenvalue weighted by molar-refractivity contribution is 5.97. The fraction of sp³-hybridized carbons (Fsp3) is 0.714. The minimum absolute atomic E-state index is 0.205. The van der Waals surface area contributed by atoms with E-state index in [0.29, 0.717) is 17.9 Å². The Morgan fingerprint density at radius 3 is 2.78 bits per heavy atom. The van der Waals surface area contributed by atoms with Crippen molar-refractivity contribution in [1.29, 1.82) is 0 Å². The lowest BCUT2D eigenvalue weighted by Gasteiger charge is -2.39. The average Bonchev–Trinajstić information content (AvgIpc) is 2.86. The zero-order valence-electron chi connectivity index (χ0n) is 10.9. The van der Waals surface area contributed by atoms with E-state index in [9.17, 15) is 4.79 Å². The molecule has 0 radical (unpaired) electrons. The molecule has 2 saturated heterocycles. The van der Waals surface area contributed by atoms with Crippen molar-refractivity contribution in [3.8, 4) is 0 Å². The Kier molecular flexibility index (Phi) is 3.20. The molecule has 1 N–H and O–H groups in total. The van der Waals surface area contributed by atoms with Crippen LogP contribution in [0.3, 0.4) is 0 Å². The van der Waals surface area contributed by atoms with Crippen LogP contribution in [0.2, 0.25) is 0 Å². The van der Waals surface area contributed by atoms with Crippen molar-refractivity contribution in [3.05, 3.63) is 18.0 Å². The lowest BCUT2D eigenvalue weighted by molar-refractivity contribution is 0.0825. The summed E-state index contributed by atoms with van der Waals surface area (Å²) in [6, 6.07) is 1.13. The van der Waals surface area contributed by atoms with Crippen LogP contribution in [0.5, 0.6) is 0 Å². The first-order chi connectivity index (χ1) is 8.76. The summed E-state index contributed by atoms with van der Waals surface area (Å²) in [5.74, 6) is 0.504. The van der Waals surface area contributed by atoms with Crippen LogP contribution in [0.4, 0.5) is 0 Å². The predicted molar refractivity (Wildman–Crippen MR) is 69.5 cm³/mol. The molecule has 0 aromatic carbocycles. The summed E-state index contributed by atoms with van der Waals surface area (Å²) in [6.07, 6.45) is 9.41. The molecule has 4 heteroatoms. The van der Waals surface area contributed by atoms with Gasteiger partial charge in [-0.3, -0.25) is 9.48 Å². The zero-order chi connectivity index (χ0) is 12.5. The fourth-order valence-electron chi connectivity index (χ4n) is 3.38. The molecular weight excluding hydrogens is 226 g/mol. The third kappa shape index (κ3) is 2.21. The van der Waals surface area contributed by atoms with Gasteiger partial charge in [-0.1, -0.05) is 6.42 Å². The molecule has 2 unspecified atom stereocenters. The maximum Gasteiger partial charge on any atom is 0.169 e. The number of Topliss-reactive ketones (excluding diaryl/α,β-unsaturated/α-hetero) is 1. The number of aryl methyl sites for hydroxylation is 1. The van der Waals surface area contributed by atoms with Crippen molar-refractivity contribution < 1.29 is 4.79 Å². The van der Waals surface area contributed by atoms with Gasteiger partial charge in [0.05, 0.1) is 11.8 Å². The Bertz CT molecular complexity index is 428. The smallest absolute Gasteiger partial charge is 0.169 e. The lowest BCUT2D eigenvalue weighted by atomic mass is 9.77. The molecular formula is C14H21N3O. The highest BCUT2D eigenvalue weighted by Crippen LogP contribution is 2.31. The highest BCUT2D eigenvalue weighted by atomic mass is 16.1. The molecule has 98 valence electrons. The van der Waals surface area contributed by atoms with Crippen molar-refractivity contribution in [2.75, 3.05) is 0 Å². The van der Waals surface area contributed by atoms with Crippen LogP contribution in [0, 0.1) is 5.92 Å². The fourth-order valence-corrected chi connectivity index (χ4v) is 3.38. The number of hydrogen-bond acceptors (Lipinski definition) is 3. The Hall–Kier alpha value is -1.16. The van der Waals surface area contributed by atoms with E-state index in [4.69, 9.17) is 0 Å². The summed E-state index contributed by atoms with van der Waals surface area (Å²) in [6.45, 7) is 2.86. The summed E-state index contributed by atoms with van der Waals surface area (Å²) in [5.41, 5.74) is 0.793. The monoisotopic (exact) mass is 247 g/mol. The van der Waals surface area contributed by atoms with Gasteiger partial charge in [-0.05, 0) is 32.6 Å². The number of carbonyl (C=O) groups is 1. The van der Waals surface area contributed by atoms with Gasteiger partial charge in [0.25, 0.3) is 0 Å². The summed E-state index contributed by atoms with van der Waals surface area (Å²) < 4.78 is 1.83. The predicted octanol–water partition coefficient (Wildman–Crippen LogP) is 2.01. The van der Waals surface area contributed by atoms with E-state index in [0.717, 1.165) is 24.9 Å². The minimum Gasteiger partial charge on any atom is -0.311 e. The Morgan fingerprint density at radius 1 is 1.44 bits per heavy atom.